The molecule has 1 aromatic carbocycles. The van der Waals surface area contributed by atoms with Gasteiger partial charge in [-0.15, -0.1) is 23.7 Å². The molecule has 0 saturated heterocycles. The molecule has 2 aromatic rings. The summed E-state index contributed by atoms with van der Waals surface area (Å²) in [6.07, 6.45) is 5.46. The first-order valence-corrected chi connectivity index (χ1v) is 19.0. The van der Waals surface area contributed by atoms with Gasteiger partial charge in [-0.05, 0) is 44.2 Å². The number of aliphatic hydroxyl groups excluding tert-OH is 2. The number of hydrogen-bond acceptors (Lipinski definition) is 8. The number of unbranched alkanes of at least 4 members (excludes halogenated alkanes) is 1. The van der Waals surface area contributed by atoms with E-state index >= 15 is 0 Å². The van der Waals surface area contributed by atoms with Crippen molar-refractivity contribution in [3.05, 3.63) is 52.5 Å². The average molecular weight is 750 g/mol. The summed E-state index contributed by atoms with van der Waals surface area (Å²) >= 11 is 1.34. The number of halogens is 3. The molecule has 52 heavy (non-hydrogen) atoms. The number of nitrogens with one attached hydrogen (secondary N) is 2. The lowest BCUT2D eigenvalue weighted by Gasteiger charge is -2.33. The van der Waals surface area contributed by atoms with E-state index in [4.69, 9.17) is 6.42 Å². The first kappa shape index (κ1) is 42.9. The van der Waals surface area contributed by atoms with Gasteiger partial charge in [-0.1, -0.05) is 62.4 Å². The minimum Gasteiger partial charge on any atom is -0.390 e. The maximum Gasteiger partial charge on any atom is 0.401 e. The molecule has 0 bridgehead atoms. The molecule has 288 valence electrons. The molecule has 3 rings (SSSR count). The number of carbonyl (C=O) groups is 3. The fraction of sp³-hybridized carbons (Fsp3) is 0.632. The van der Waals surface area contributed by atoms with Crippen LogP contribution in [0.3, 0.4) is 0 Å². The van der Waals surface area contributed by atoms with Crippen LogP contribution in [0.2, 0.25) is 0 Å². The fourth-order valence-corrected chi connectivity index (χ4v) is 7.17. The lowest BCUT2D eigenvalue weighted by Crippen LogP contribution is -2.56. The van der Waals surface area contributed by atoms with Gasteiger partial charge in [0.2, 0.25) is 17.7 Å². The zero-order chi connectivity index (χ0) is 38.1. The van der Waals surface area contributed by atoms with Crippen molar-refractivity contribution in [2.45, 2.75) is 108 Å². The second-order valence-electron chi connectivity index (χ2n) is 14.0. The van der Waals surface area contributed by atoms with E-state index in [2.05, 4.69) is 21.5 Å². The first-order valence-electron chi connectivity index (χ1n) is 18.1. The van der Waals surface area contributed by atoms with E-state index in [0.717, 1.165) is 42.6 Å². The zero-order valence-corrected chi connectivity index (χ0v) is 31.0. The van der Waals surface area contributed by atoms with Crippen LogP contribution >= 0.6 is 11.3 Å². The Bertz CT molecular complexity index is 1400. The Balaban J connectivity index is 1.80. The van der Waals surface area contributed by atoms with E-state index in [-0.39, 0.29) is 44.7 Å². The van der Waals surface area contributed by atoms with Gasteiger partial charge in [-0.3, -0.25) is 19.3 Å². The van der Waals surface area contributed by atoms with Crippen LogP contribution in [0.15, 0.2) is 41.2 Å². The van der Waals surface area contributed by atoms with E-state index in [9.17, 15) is 37.8 Å². The number of aliphatic hydroxyl groups is 2. The van der Waals surface area contributed by atoms with Crippen molar-refractivity contribution in [3.8, 4) is 12.3 Å². The van der Waals surface area contributed by atoms with Crippen LogP contribution in [0.5, 0.6) is 0 Å². The van der Waals surface area contributed by atoms with Crippen LogP contribution in [0.1, 0.15) is 75.5 Å². The van der Waals surface area contributed by atoms with E-state index in [1.165, 1.54) is 30.3 Å². The smallest absolute Gasteiger partial charge is 0.390 e. The number of alkyl halides is 3. The van der Waals surface area contributed by atoms with Crippen LogP contribution in [0.25, 0.3) is 0 Å². The number of terminal acetylenes is 1. The lowest BCUT2D eigenvalue weighted by molar-refractivity contribution is -0.144. The van der Waals surface area contributed by atoms with Crippen molar-refractivity contribution in [2.24, 2.45) is 11.8 Å². The van der Waals surface area contributed by atoms with Crippen molar-refractivity contribution in [3.63, 3.8) is 0 Å². The number of carbonyl (C=O) groups excluding carboxylic acids is 3. The van der Waals surface area contributed by atoms with E-state index in [0.29, 0.717) is 25.0 Å². The molecule has 5 atom stereocenters. The van der Waals surface area contributed by atoms with Crippen molar-refractivity contribution in [1.82, 2.24) is 25.4 Å². The number of benzene rings is 1. The third-order valence-electron chi connectivity index (χ3n) is 9.61. The Morgan fingerprint density at radius 2 is 1.75 bits per heavy atom. The van der Waals surface area contributed by atoms with Gasteiger partial charge in [0.1, 0.15) is 6.04 Å². The van der Waals surface area contributed by atoms with Gasteiger partial charge in [0.15, 0.2) is 0 Å². The van der Waals surface area contributed by atoms with Gasteiger partial charge in [0, 0.05) is 44.8 Å². The highest BCUT2D eigenvalue weighted by Crippen LogP contribution is 2.29. The normalized spacial score (nSPS) is 16.7. The summed E-state index contributed by atoms with van der Waals surface area (Å²) in [4.78, 5) is 48.2. The molecule has 1 heterocycles. The minimum atomic E-state index is -4.37. The molecule has 0 aliphatic heterocycles. The fourth-order valence-electron chi connectivity index (χ4n) is 6.60. The standard InChI is InChI=1S/C38H54F3N5O5S/c1-4-5-8-17-33(47)35(49)31(21-28-15-11-7-12-16-28)43-37(51)32(23-30-24-52-26-42-30)44-36(50)29(20-27-13-9-6-10-14-27)22-34(48)46(3)19-18-45(2)25-38(39,40)41/h1,6,9-10,13-14,24,26,28-29,31-33,35,47,49H,5,7-8,11-12,15-23,25H2,2-3H3,(H,43,51)(H,44,50)/t29-,31+,32+,33+,35-/m1/s1. The number of rotatable bonds is 21. The van der Waals surface area contributed by atoms with E-state index in [1.54, 1.807) is 10.9 Å². The second-order valence-corrected chi connectivity index (χ2v) is 14.7. The Kier molecular flexibility index (Phi) is 18.1. The van der Waals surface area contributed by atoms with Gasteiger partial charge >= 0.3 is 6.18 Å². The molecule has 0 spiro atoms. The SMILES string of the molecule is C#CCCC[C@H](O)[C@H](O)[C@H](CC1CCCCC1)NC(=O)[C@H](Cc1cscn1)NC(=O)[C@@H](CC(=O)N(C)CCN(C)CC(F)(F)F)Cc1ccccc1. The summed E-state index contributed by atoms with van der Waals surface area (Å²) in [7, 11) is 2.81. The Labute approximate surface area is 309 Å². The third-order valence-corrected chi connectivity index (χ3v) is 10.2. The predicted octanol–water partition coefficient (Wildman–Crippen LogP) is 4.35. The summed E-state index contributed by atoms with van der Waals surface area (Å²) < 4.78 is 38.4. The number of likely N-dealkylation sites (N-methyl/N-ethyl adjacent to an activating group) is 2. The molecule has 1 aliphatic rings. The van der Waals surface area contributed by atoms with Gasteiger partial charge in [-0.25, -0.2) is 4.98 Å². The highest BCUT2D eigenvalue weighted by atomic mass is 32.1. The Morgan fingerprint density at radius 1 is 1.04 bits per heavy atom. The van der Waals surface area contributed by atoms with Crippen LogP contribution in [0, 0.1) is 24.2 Å². The van der Waals surface area contributed by atoms with Gasteiger partial charge in [0.25, 0.3) is 0 Å². The highest BCUT2D eigenvalue weighted by Gasteiger charge is 2.35. The summed E-state index contributed by atoms with van der Waals surface area (Å²) in [6.45, 7) is -1.10. The largest absolute Gasteiger partial charge is 0.401 e. The summed E-state index contributed by atoms with van der Waals surface area (Å²) in [5.41, 5.74) is 2.98. The Morgan fingerprint density at radius 3 is 2.38 bits per heavy atom. The molecule has 0 unspecified atom stereocenters. The first-order chi connectivity index (χ1) is 24.8. The molecule has 1 fully saturated rings. The molecule has 1 aromatic heterocycles. The number of amides is 3. The molecular formula is C38H54F3N5O5S. The van der Waals surface area contributed by atoms with Crippen LogP contribution in [-0.2, 0) is 27.2 Å². The van der Waals surface area contributed by atoms with Gasteiger partial charge < -0.3 is 25.7 Å². The molecular weight excluding hydrogens is 696 g/mol. The van der Waals surface area contributed by atoms with Crippen molar-refractivity contribution >= 4 is 29.1 Å². The van der Waals surface area contributed by atoms with Crippen LogP contribution in [-0.4, -0.2) is 107 Å². The predicted molar refractivity (Wildman–Crippen MR) is 195 cm³/mol. The van der Waals surface area contributed by atoms with Gasteiger partial charge in [0.05, 0.1) is 41.9 Å². The molecule has 10 nitrogen and oxygen atoms in total. The molecule has 0 radical (unpaired) electrons. The van der Waals surface area contributed by atoms with E-state index < -0.39 is 60.7 Å². The number of aromatic nitrogens is 1. The van der Waals surface area contributed by atoms with Crippen molar-refractivity contribution < 1.29 is 37.8 Å². The summed E-state index contributed by atoms with van der Waals surface area (Å²) in [6, 6.07) is 7.21. The molecule has 3 amide bonds. The zero-order valence-electron chi connectivity index (χ0n) is 30.2. The molecule has 1 aliphatic carbocycles. The summed E-state index contributed by atoms with van der Waals surface area (Å²) in [5.74, 6) is 0.360. The lowest BCUT2D eigenvalue weighted by atomic mass is 9.82. The van der Waals surface area contributed by atoms with Crippen molar-refractivity contribution in [2.75, 3.05) is 33.7 Å². The van der Waals surface area contributed by atoms with E-state index in [1.807, 2.05) is 30.3 Å². The molecule has 14 heteroatoms. The van der Waals surface area contributed by atoms with Crippen molar-refractivity contribution in [1.29, 1.82) is 0 Å². The number of nitrogens with zero attached hydrogens (tertiary/aromatic N) is 3. The van der Waals surface area contributed by atoms with Crippen LogP contribution < -0.4 is 10.6 Å². The maximum absolute atomic E-state index is 14.1. The number of thiazole rings is 1. The van der Waals surface area contributed by atoms with Crippen LogP contribution in [0.4, 0.5) is 13.2 Å². The molecule has 4 N–H and O–H groups in total. The number of hydrogen-bond donors (Lipinski definition) is 4. The second kappa shape index (κ2) is 21.9. The third kappa shape index (κ3) is 15.6. The molecule has 1 saturated carbocycles. The minimum absolute atomic E-state index is 0.0142. The highest BCUT2D eigenvalue weighted by molar-refractivity contribution is 7.07. The maximum atomic E-state index is 14.1. The summed E-state index contributed by atoms with van der Waals surface area (Å²) in [5, 5.41) is 29.8. The topological polar surface area (TPSA) is 135 Å². The quantitative estimate of drug-likeness (QED) is 0.110. The average Bonchev–Trinajstić information content (AvgIpc) is 3.62. The Hall–Kier alpha value is -3.51. The van der Waals surface area contributed by atoms with Gasteiger partial charge in [-0.2, -0.15) is 13.2 Å². The monoisotopic (exact) mass is 749 g/mol.